The van der Waals surface area contributed by atoms with Crippen LogP contribution in [0.1, 0.15) is 31.4 Å². The van der Waals surface area contributed by atoms with Crippen molar-refractivity contribution in [2.45, 2.75) is 32.1 Å². The molecule has 2 aromatic rings. The quantitative estimate of drug-likeness (QED) is 0.769. The number of carbonyl (C=O) groups is 1. The summed E-state index contributed by atoms with van der Waals surface area (Å²) in [6.07, 6.45) is 1.26. The number of ketones is 1. The van der Waals surface area contributed by atoms with Gasteiger partial charge in [-0.25, -0.2) is 0 Å². The minimum atomic E-state index is -0.587. The summed E-state index contributed by atoms with van der Waals surface area (Å²) in [6.45, 7) is 3.91. The molecule has 23 heavy (non-hydrogen) atoms. The summed E-state index contributed by atoms with van der Waals surface area (Å²) < 4.78 is 10.6. The average Bonchev–Trinajstić information content (AvgIpc) is 2.59. The molecule has 0 amide bonds. The Morgan fingerprint density at radius 2 is 1.52 bits per heavy atom. The van der Waals surface area contributed by atoms with Crippen molar-refractivity contribution in [3.8, 4) is 11.5 Å². The van der Waals surface area contributed by atoms with E-state index in [9.17, 15) is 4.79 Å². The van der Waals surface area contributed by atoms with E-state index in [0.717, 1.165) is 12.0 Å². The van der Waals surface area contributed by atoms with Gasteiger partial charge in [0.2, 0.25) is 0 Å². The molecule has 0 aliphatic carbocycles. The molecule has 2 rings (SSSR count). The van der Waals surface area contributed by atoms with Crippen molar-refractivity contribution in [2.75, 3.05) is 14.2 Å². The van der Waals surface area contributed by atoms with E-state index in [1.807, 2.05) is 50.2 Å². The maximum absolute atomic E-state index is 12.8. The Morgan fingerprint density at radius 1 is 0.957 bits per heavy atom. The zero-order chi connectivity index (χ0) is 16.9. The lowest BCUT2D eigenvalue weighted by molar-refractivity contribution is -0.123. The van der Waals surface area contributed by atoms with Crippen molar-refractivity contribution in [1.82, 2.24) is 0 Å². The number of rotatable bonds is 7. The predicted molar refractivity (Wildman–Crippen MR) is 92.3 cm³/mol. The molecule has 0 saturated heterocycles. The lowest BCUT2D eigenvalue weighted by Gasteiger charge is -2.25. The summed E-state index contributed by atoms with van der Waals surface area (Å²) >= 11 is 0. The normalized spacial score (nSPS) is 11.1. The highest BCUT2D eigenvalue weighted by molar-refractivity contribution is 5.89. The standard InChI is InChI=1S/C20H24O3/c1-20(2,16-12-17(22-3)14-18(13-16)23-4)19(21)11-10-15-8-6-5-7-9-15/h5-9,12-14H,10-11H2,1-4H3. The van der Waals surface area contributed by atoms with Crippen LogP contribution in [0.5, 0.6) is 11.5 Å². The molecule has 3 heteroatoms. The number of methoxy groups -OCH3 is 2. The van der Waals surface area contributed by atoms with E-state index >= 15 is 0 Å². The molecule has 0 aromatic heterocycles. The highest BCUT2D eigenvalue weighted by atomic mass is 16.5. The molecule has 0 fully saturated rings. The molecule has 0 N–H and O–H groups in total. The van der Waals surface area contributed by atoms with Gasteiger partial charge in [0.15, 0.2) is 0 Å². The second-order valence-electron chi connectivity index (χ2n) is 6.14. The molecular formula is C20H24O3. The van der Waals surface area contributed by atoms with Gasteiger partial charge in [0.05, 0.1) is 14.2 Å². The largest absolute Gasteiger partial charge is 0.497 e. The molecule has 2 aromatic carbocycles. The fourth-order valence-electron chi connectivity index (χ4n) is 2.54. The van der Waals surface area contributed by atoms with Crippen LogP contribution in [-0.4, -0.2) is 20.0 Å². The SMILES string of the molecule is COc1cc(OC)cc(C(C)(C)C(=O)CCc2ccccc2)c1. The zero-order valence-corrected chi connectivity index (χ0v) is 14.3. The van der Waals surface area contributed by atoms with E-state index in [4.69, 9.17) is 9.47 Å². The van der Waals surface area contributed by atoms with Crippen LogP contribution in [0, 0.1) is 0 Å². The van der Waals surface area contributed by atoms with Gasteiger partial charge in [0.25, 0.3) is 0 Å². The molecule has 0 aliphatic heterocycles. The van der Waals surface area contributed by atoms with Crippen LogP contribution in [0.2, 0.25) is 0 Å². The lowest BCUT2D eigenvalue weighted by atomic mass is 9.78. The van der Waals surface area contributed by atoms with Crippen molar-refractivity contribution >= 4 is 5.78 Å². The Hall–Kier alpha value is -2.29. The number of ether oxygens (including phenoxy) is 2. The Morgan fingerprint density at radius 3 is 2.04 bits per heavy atom. The second kappa shape index (κ2) is 7.32. The van der Waals surface area contributed by atoms with Crippen molar-refractivity contribution in [1.29, 1.82) is 0 Å². The molecular weight excluding hydrogens is 288 g/mol. The summed E-state index contributed by atoms with van der Waals surface area (Å²) in [5, 5.41) is 0. The van der Waals surface area contributed by atoms with Gasteiger partial charge in [-0.2, -0.15) is 0 Å². The zero-order valence-electron chi connectivity index (χ0n) is 14.3. The summed E-state index contributed by atoms with van der Waals surface area (Å²) in [5.41, 5.74) is 1.50. The third kappa shape index (κ3) is 4.13. The maximum Gasteiger partial charge on any atom is 0.143 e. The van der Waals surface area contributed by atoms with E-state index in [-0.39, 0.29) is 5.78 Å². The van der Waals surface area contributed by atoms with E-state index < -0.39 is 5.41 Å². The first-order valence-electron chi connectivity index (χ1n) is 7.78. The predicted octanol–water partition coefficient (Wildman–Crippen LogP) is 4.18. The molecule has 0 unspecified atom stereocenters. The maximum atomic E-state index is 12.8. The van der Waals surface area contributed by atoms with Crippen molar-refractivity contribution in [3.63, 3.8) is 0 Å². The Labute approximate surface area is 138 Å². The Kier molecular flexibility index (Phi) is 5.43. The fourth-order valence-corrected chi connectivity index (χ4v) is 2.54. The number of hydrogen-bond donors (Lipinski definition) is 0. The molecule has 0 heterocycles. The summed E-state index contributed by atoms with van der Waals surface area (Å²) in [6, 6.07) is 15.7. The van der Waals surface area contributed by atoms with Crippen molar-refractivity contribution < 1.29 is 14.3 Å². The van der Waals surface area contributed by atoms with Gasteiger partial charge in [-0.15, -0.1) is 0 Å². The number of hydrogen-bond acceptors (Lipinski definition) is 3. The monoisotopic (exact) mass is 312 g/mol. The minimum Gasteiger partial charge on any atom is -0.497 e. The molecule has 0 saturated carbocycles. The van der Waals surface area contributed by atoms with E-state index in [2.05, 4.69) is 12.1 Å². The van der Waals surface area contributed by atoms with Gasteiger partial charge in [0, 0.05) is 17.9 Å². The van der Waals surface area contributed by atoms with Crippen LogP contribution >= 0.6 is 0 Å². The third-order valence-electron chi connectivity index (χ3n) is 4.25. The van der Waals surface area contributed by atoms with Gasteiger partial charge in [-0.1, -0.05) is 30.3 Å². The Bertz CT molecular complexity index is 638. The summed E-state index contributed by atoms with van der Waals surface area (Å²) in [4.78, 5) is 12.8. The average molecular weight is 312 g/mol. The molecule has 0 bridgehead atoms. The molecule has 0 aliphatic rings. The highest BCUT2D eigenvalue weighted by Gasteiger charge is 2.30. The molecule has 0 spiro atoms. The first kappa shape index (κ1) is 17.1. The smallest absolute Gasteiger partial charge is 0.143 e. The summed E-state index contributed by atoms with van der Waals surface area (Å²) in [7, 11) is 3.23. The third-order valence-corrected chi connectivity index (χ3v) is 4.25. The van der Waals surface area contributed by atoms with Crippen LogP contribution in [0.3, 0.4) is 0 Å². The topological polar surface area (TPSA) is 35.5 Å². The van der Waals surface area contributed by atoms with Gasteiger partial charge in [-0.05, 0) is 43.5 Å². The number of aryl methyl sites for hydroxylation is 1. The van der Waals surface area contributed by atoms with Gasteiger partial charge in [-0.3, -0.25) is 4.79 Å². The highest BCUT2D eigenvalue weighted by Crippen LogP contribution is 2.32. The van der Waals surface area contributed by atoms with Crippen molar-refractivity contribution in [2.24, 2.45) is 0 Å². The first-order valence-corrected chi connectivity index (χ1v) is 7.78. The number of carbonyl (C=O) groups excluding carboxylic acids is 1. The van der Waals surface area contributed by atoms with Crippen LogP contribution in [0.15, 0.2) is 48.5 Å². The lowest BCUT2D eigenvalue weighted by Crippen LogP contribution is -2.29. The second-order valence-corrected chi connectivity index (χ2v) is 6.14. The first-order chi connectivity index (χ1) is 11.0. The van der Waals surface area contributed by atoms with Crippen LogP contribution in [0.4, 0.5) is 0 Å². The molecule has 0 atom stereocenters. The van der Waals surface area contributed by atoms with Gasteiger partial charge < -0.3 is 9.47 Å². The molecule has 0 radical (unpaired) electrons. The number of benzene rings is 2. The Balaban J connectivity index is 2.18. The number of Topliss-reactive ketones (excluding diaryl/α,β-unsaturated/α-hetero) is 1. The molecule has 3 nitrogen and oxygen atoms in total. The minimum absolute atomic E-state index is 0.205. The van der Waals surface area contributed by atoms with E-state index in [1.54, 1.807) is 14.2 Å². The van der Waals surface area contributed by atoms with Crippen LogP contribution in [-0.2, 0) is 16.6 Å². The van der Waals surface area contributed by atoms with E-state index in [1.165, 1.54) is 5.56 Å². The van der Waals surface area contributed by atoms with Crippen LogP contribution < -0.4 is 9.47 Å². The van der Waals surface area contributed by atoms with Crippen LogP contribution in [0.25, 0.3) is 0 Å². The fraction of sp³-hybridized carbons (Fsp3) is 0.350. The van der Waals surface area contributed by atoms with E-state index in [0.29, 0.717) is 17.9 Å². The van der Waals surface area contributed by atoms with Crippen molar-refractivity contribution in [3.05, 3.63) is 59.7 Å². The van der Waals surface area contributed by atoms with Gasteiger partial charge >= 0.3 is 0 Å². The molecule has 122 valence electrons. The van der Waals surface area contributed by atoms with Gasteiger partial charge in [0.1, 0.15) is 17.3 Å². The summed E-state index contributed by atoms with van der Waals surface area (Å²) in [5.74, 6) is 1.60.